The van der Waals surface area contributed by atoms with E-state index in [0.717, 1.165) is 0 Å². The minimum atomic E-state index is -1.04. The van der Waals surface area contributed by atoms with E-state index in [4.69, 9.17) is 16.7 Å². The van der Waals surface area contributed by atoms with Crippen molar-refractivity contribution >= 4 is 28.5 Å². The lowest BCUT2D eigenvalue weighted by atomic mass is 10.0. The van der Waals surface area contributed by atoms with Gasteiger partial charge in [-0.2, -0.15) is 5.10 Å². The second kappa shape index (κ2) is 4.54. The molecule has 0 amide bonds. The summed E-state index contributed by atoms with van der Waals surface area (Å²) < 4.78 is 0. The van der Waals surface area contributed by atoms with Crippen molar-refractivity contribution in [2.45, 2.75) is 0 Å². The Bertz CT molecular complexity index is 826. The number of aromatic hydroxyl groups is 1. The smallest absolute Gasteiger partial charge is 0.337 e. The lowest BCUT2D eigenvalue weighted by Crippen LogP contribution is -1.96. The molecule has 0 fully saturated rings. The second-order valence-electron chi connectivity index (χ2n) is 4.27. The van der Waals surface area contributed by atoms with Crippen molar-refractivity contribution in [1.29, 1.82) is 0 Å². The van der Waals surface area contributed by atoms with Crippen LogP contribution in [0.1, 0.15) is 10.4 Å². The zero-order chi connectivity index (χ0) is 14.3. The first kappa shape index (κ1) is 12.5. The summed E-state index contributed by atoms with van der Waals surface area (Å²) in [5, 5.41) is 26.9. The largest absolute Gasteiger partial charge is 0.507 e. The highest BCUT2D eigenvalue weighted by molar-refractivity contribution is 6.31. The molecule has 0 spiro atoms. The Morgan fingerprint density at radius 2 is 2.05 bits per heavy atom. The van der Waals surface area contributed by atoms with Crippen LogP contribution >= 0.6 is 11.6 Å². The van der Waals surface area contributed by atoms with E-state index in [1.54, 1.807) is 24.3 Å². The average molecular weight is 289 g/mol. The number of rotatable bonds is 2. The molecule has 0 aliphatic heterocycles. The third-order valence-corrected chi connectivity index (χ3v) is 3.28. The first-order valence-electron chi connectivity index (χ1n) is 5.77. The lowest BCUT2D eigenvalue weighted by molar-refractivity contribution is 0.0699. The summed E-state index contributed by atoms with van der Waals surface area (Å²) in [6, 6.07) is 9.48. The van der Waals surface area contributed by atoms with Gasteiger partial charge in [0.1, 0.15) is 11.4 Å². The number of nitrogens with zero attached hydrogens (tertiary/aromatic N) is 1. The van der Waals surface area contributed by atoms with Crippen LogP contribution in [0, 0.1) is 0 Å². The number of phenolic OH excluding ortho intramolecular Hbond substituents is 1. The fourth-order valence-electron chi connectivity index (χ4n) is 2.12. The molecule has 2 aromatic carbocycles. The highest BCUT2D eigenvalue weighted by atomic mass is 35.5. The van der Waals surface area contributed by atoms with E-state index in [-0.39, 0.29) is 11.3 Å². The Balaban J connectivity index is 2.31. The van der Waals surface area contributed by atoms with Crippen molar-refractivity contribution in [2.24, 2.45) is 0 Å². The fraction of sp³-hybridized carbons (Fsp3) is 0. The Hall–Kier alpha value is -2.53. The molecular formula is C14H9ClN2O3. The minimum Gasteiger partial charge on any atom is -0.507 e. The van der Waals surface area contributed by atoms with Crippen molar-refractivity contribution in [3.8, 4) is 17.0 Å². The number of halogens is 1. The number of carboxylic acids is 1. The van der Waals surface area contributed by atoms with Gasteiger partial charge in [-0.15, -0.1) is 0 Å². The Morgan fingerprint density at radius 3 is 2.80 bits per heavy atom. The van der Waals surface area contributed by atoms with Gasteiger partial charge in [-0.25, -0.2) is 4.79 Å². The van der Waals surface area contributed by atoms with Crippen molar-refractivity contribution in [3.63, 3.8) is 0 Å². The van der Waals surface area contributed by atoms with Crippen LogP contribution in [0.5, 0.6) is 5.75 Å². The van der Waals surface area contributed by atoms with Crippen LogP contribution in [0.3, 0.4) is 0 Å². The van der Waals surface area contributed by atoms with Gasteiger partial charge in [-0.05, 0) is 24.3 Å². The van der Waals surface area contributed by atoms with Crippen LogP contribution in [0.25, 0.3) is 22.2 Å². The maximum absolute atomic E-state index is 11.2. The number of aromatic carboxylic acids is 1. The molecule has 0 saturated carbocycles. The number of benzene rings is 2. The van der Waals surface area contributed by atoms with Gasteiger partial charge in [-0.3, -0.25) is 5.10 Å². The van der Waals surface area contributed by atoms with Crippen LogP contribution in [0.2, 0.25) is 5.02 Å². The summed E-state index contributed by atoms with van der Waals surface area (Å²) in [6.07, 6.45) is 0. The van der Waals surface area contributed by atoms with E-state index in [2.05, 4.69) is 10.2 Å². The van der Waals surface area contributed by atoms with Crippen molar-refractivity contribution < 1.29 is 15.0 Å². The molecule has 0 radical (unpaired) electrons. The Labute approximate surface area is 118 Å². The summed E-state index contributed by atoms with van der Waals surface area (Å²) >= 11 is 5.92. The number of hydrogen-bond donors (Lipinski definition) is 3. The van der Waals surface area contributed by atoms with E-state index in [9.17, 15) is 9.90 Å². The van der Waals surface area contributed by atoms with Gasteiger partial charge in [0.2, 0.25) is 0 Å². The van der Waals surface area contributed by atoms with Gasteiger partial charge < -0.3 is 10.2 Å². The van der Waals surface area contributed by atoms with Crippen LogP contribution in [-0.4, -0.2) is 26.4 Å². The summed E-state index contributed by atoms with van der Waals surface area (Å²) in [7, 11) is 0. The molecule has 20 heavy (non-hydrogen) atoms. The van der Waals surface area contributed by atoms with Gasteiger partial charge in [0.15, 0.2) is 0 Å². The molecule has 0 saturated heterocycles. The van der Waals surface area contributed by atoms with Gasteiger partial charge in [-0.1, -0.05) is 23.7 Å². The number of carbonyl (C=O) groups is 1. The number of phenols is 1. The number of fused-ring (bicyclic) bond motifs is 1. The topological polar surface area (TPSA) is 86.2 Å². The zero-order valence-corrected chi connectivity index (χ0v) is 10.8. The lowest BCUT2D eigenvalue weighted by Gasteiger charge is -2.03. The van der Waals surface area contributed by atoms with Crippen molar-refractivity contribution in [3.05, 3.63) is 47.0 Å². The maximum atomic E-state index is 11.2. The standard InChI is InChI=1S/C14H9ClN2O3/c15-7-4-5-11(18)10(6-7)13-8-2-1-3-9(14(19)20)12(8)16-17-13/h1-6,18H,(H,16,17)(H,19,20). The van der Waals surface area contributed by atoms with Gasteiger partial charge >= 0.3 is 5.97 Å². The average Bonchev–Trinajstić information content (AvgIpc) is 2.85. The third kappa shape index (κ3) is 1.88. The third-order valence-electron chi connectivity index (χ3n) is 3.04. The number of H-pyrrole nitrogens is 1. The molecule has 1 heterocycles. The molecule has 5 nitrogen and oxygen atoms in total. The highest BCUT2D eigenvalue weighted by Crippen LogP contribution is 2.35. The number of nitrogens with one attached hydrogen (secondary N) is 1. The first-order valence-corrected chi connectivity index (χ1v) is 6.15. The monoisotopic (exact) mass is 288 g/mol. The molecule has 0 bridgehead atoms. The van der Waals surface area contributed by atoms with E-state index in [0.29, 0.717) is 27.2 Å². The summed E-state index contributed by atoms with van der Waals surface area (Å²) in [5.74, 6) is -1.01. The molecule has 1 aromatic heterocycles. The Morgan fingerprint density at radius 1 is 1.25 bits per heavy atom. The number of carboxylic acid groups (broad SMARTS) is 1. The predicted molar refractivity (Wildman–Crippen MR) is 75.2 cm³/mol. The van der Waals surface area contributed by atoms with Crippen LogP contribution in [0.15, 0.2) is 36.4 Å². The van der Waals surface area contributed by atoms with Crippen LogP contribution < -0.4 is 0 Å². The van der Waals surface area contributed by atoms with Crippen LogP contribution in [0.4, 0.5) is 0 Å². The summed E-state index contributed by atoms with van der Waals surface area (Å²) in [4.78, 5) is 11.2. The molecule has 100 valence electrons. The fourth-order valence-corrected chi connectivity index (χ4v) is 2.30. The number of para-hydroxylation sites is 1. The molecule has 3 rings (SSSR count). The molecular weight excluding hydrogens is 280 g/mol. The number of aromatic amines is 1. The van der Waals surface area contributed by atoms with E-state index >= 15 is 0 Å². The van der Waals surface area contributed by atoms with E-state index < -0.39 is 5.97 Å². The molecule has 6 heteroatoms. The van der Waals surface area contributed by atoms with Gasteiger partial charge in [0.25, 0.3) is 0 Å². The quantitative estimate of drug-likeness (QED) is 0.675. The molecule has 0 aliphatic carbocycles. The second-order valence-corrected chi connectivity index (χ2v) is 4.70. The molecule has 0 aliphatic rings. The number of hydrogen-bond acceptors (Lipinski definition) is 3. The SMILES string of the molecule is O=C(O)c1cccc2c(-c3cc(Cl)ccc3O)n[nH]c12. The molecule has 3 aromatic rings. The van der Waals surface area contributed by atoms with E-state index in [1.165, 1.54) is 12.1 Å². The molecule has 3 N–H and O–H groups in total. The Kier molecular flexibility index (Phi) is 2.84. The number of aromatic nitrogens is 2. The van der Waals surface area contributed by atoms with E-state index in [1.807, 2.05) is 0 Å². The van der Waals surface area contributed by atoms with Crippen molar-refractivity contribution in [1.82, 2.24) is 10.2 Å². The molecule has 0 unspecified atom stereocenters. The van der Waals surface area contributed by atoms with Crippen molar-refractivity contribution in [2.75, 3.05) is 0 Å². The highest BCUT2D eigenvalue weighted by Gasteiger charge is 2.16. The minimum absolute atomic E-state index is 0.0310. The zero-order valence-electron chi connectivity index (χ0n) is 10.1. The summed E-state index contributed by atoms with van der Waals surface area (Å²) in [6.45, 7) is 0. The molecule has 0 atom stereocenters. The van der Waals surface area contributed by atoms with Crippen LogP contribution in [-0.2, 0) is 0 Å². The maximum Gasteiger partial charge on any atom is 0.337 e. The van der Waals surface area contributed by atoms with Gasteiger partial charge in [0.05, 0.1) is 11.1 Å². The first-order chi connectivity index (χ1) is 9.58. The summed E-state index contributed by atoms with van der Waals surface area (Å²) in [5.41, 5.74) is 1.45. The van der Waals surface area contributed by atoms with Gasteiger partial charge in [0, 0.05) is 16.0 Å². The normalized spacial score (nSPS) is 10.8. The predicted octanol–water partition coefficient (Wildman–Crippen LogP) is 3.29.